The van der Waals surface area contributed by atoms with Crippen molar-refractivity contribution >= 4 is 29.1 Å². The number of hydrogen-bond donors (Lipinski definition) is 1. The molecule has 1 heterocycles. The highest BCUT2D eigenvalue weighted by atomic mass is 35.5. The van der Waals surface area contributed by atoms with Crippen LogP contribution in [-0.4, -0.2) is 25.5 Å². The molecule has 1 fully saturated rings. The topological polar surface area (TPSA) is 58.6 Å². The van der Waals surface area contributed by atoms with Gasteiger partial charge in [0.05, 0.1) is 24.8 Å². The zero-order valence-corrected chi connectivity index (χ0v) is 16.4. The Labute approximate surface area is 164 Å². The first-order valence-corrected chi connectivity index (χ1v) is 9.27. The van der Waals surface area contributed by atoms with Crippen molar-refractivity contribution in [3.05, 3.63) is 58.6 Å². The molecule has 0 bridgehead atoms. The zero-order chi connectivity index (χ0) is 19.6. The summed E-state index contributed by atoms with van der Waals surface area (Å²) < 4.78 is 5.38. The number of carbonyl (C=O) groups is 2. The fraction of sp³-hybridized carbons (Fsp3) is 0.333. The van der Waals surface area contributed by atoms with Gasteiger partial charge in [0.1, 0.15) is 5.75 Å². The molecule has 0 radical (unpaired) electrons. The van der Waals surface area contributed by atoms with Crippen LogP contribution < -0.4 is 15.0 Å². The molecule has 0 saturated carbocycles. The number of carbonyl (C=O) groups excluding carboxylic acids is 2. The third kappa shape index (κ3) is 4.25. The molecule has 5 nitrogen and oxygen atoms in total. The fourth-order valence-electron chi connectivity index (χ4n) is 3.29. The average Bonchev–Trinajstić information content (AvgIpc) is 3.04. The van der Waals surface area contributed by atoms with Crippen LogP contribution in [0.3, 0.4) is 0 Å². The highest BCUT2D eigenvalue weighted by molar-refractivity contribution is 6.30. The third-order valence-corrected chi connectivity index (χ3v) is 5.10. The first kappa shape index (κ1) is 19.2. The molecular weight excluding hydrogens is 364 g/mol. The number of anilines is 1. The van der Waals surface area contributed by atoms with Crippen LogP contribution >= 0.6 is 11.6 Å². The maximum atomic E-state index is 12.7. The van der Waals surface area contributed by atoms with Gasteiger partial charge in [0.25, 0.3) is 0 Å². The lowest BCUT2D eigenvalue weighted by molar-refractivity contribution is -0.126. The average molecular weight is 387 g/mol. The number of nitrogens with one attached hydrogen (secondary N) is 1. The first-order chi connectivity index (χ1) is 12.9. The summed E-state index contributed by atoms with van der Waals surface area (Å²) in [7, 11) is 1.58. The van der Waals surface area contributed by atoms with Gasteiger partial charge in [0.15, 0.2) is 0 Å². The fourth-order valence-corrected chi connectivity index (χ4v) is 3.42. The maximum absolute atomic E-state index is 12.7. The lowest BCUT2D eigenvalue weighted by Gasteiger charge is -2.21. The van der Waals surface area contributed by atoms with Crippen LogP contribution in [0.4, 0.5) is 5.69 Å². The predicted octanol–water partition coefficient (Wildman–Crippen LogP) is 3.89. The minimum atomic E-state index is -0.391. The number of ether oxygens (including phenoxy) is 1. The van der Waals surface area contributed by atoms with E-state index in [1.54, 1.807) is 24.1 Å². The van der Waals surface area contributed by atoms with Crippen LogP contribution in [-0.2, 0) is 9.59 Å². The van der Waals surface area contributed by atoms with Crippen LogP contribution in [0.25, 0.3) is 0 Å². The Morgan fingerprint density at radius 3 is 2.63 bits per heavy atom. The Kier molecular flexibility index (Phi) is 5.71. The molecule has 6 heteroatoms. The van der Waals surface area contributed by atoms with Gasteiger partial charge in [-0.05, 0) is 49.2 Å². The Morgan fingerprint density at radius 2 is 1.96 bits per heavy atom. The normalized spacial score (nSPS) is 17.7. The first-order valence-electron chi connectivity index (χ1n) is 8.90. The van der Waals surface area contributed by atoms with Crippen molar-refractivity contribution in [2.24, 2.45) is 5.92 Å². The molecule has 1 saturated heterocycles. The van der Waals surface area contributed by atoms with Gasteiger partial charge in [-0.3, -0.25) is 9.59 Å². The van der Waals surface area contributed by atoms with Gasteiger partial charge in [-0.15, -0.1) is 0 Å². The molecule has 27 heavy (non-hydrogen) atoms. The van der Waals surface area contributed by atoms with Crippen molar-refractivity contribution < 1.29 is 14.3 Å². The number of amides is 2. The molecule has 2 amide bonds. The molecule has 0 spiro atoms. The number of hydrogen-bond acceptors (Lipinski definition) is 3. The van der Waals surface area contributed by atoms with Crippen molar-refractivity contribution in [3.63, 3.8) is 0 Å². The van der Waals surface area contributed by atoms with Gasteiger partial charge in [0, 0.05) is 18.0 Å². The number of benzene rings is 2. The number of halogens is 1. The summed E-state index contributed by atoms with van der Waals surface area (Å²) in [5, 5.41) is 3.65. The van der Waals surface area contributed by atoms with Gasteiger partial charge < -0.3 is 15.0 Å². The van der Waals surface area contributed by atoms with Gasteiger partial charge >= 0.3 is 0 Å². The van der Waals surface area contributed by atoms with Crippen LogP contribution in [0.1, 0.15) is 30.5 Å². The molecule has 2 aromatic carbocycles. The highest BCUT2D eigenvalue weighted by Gasteiger charge is 2.36. The van der Waals surface area contributed by atoms with E-state index in [9.17, 15) is 9.59 Å². The van der Waals surface area contributed by atoms with E-state index in [2.05, 4.69) is 5.32 Å². The highest BCUT2D eigenvalue weighted by Crippen LogP contribution is 2.34. The summed E-state index contributed by atoms with van der Waals surface area (Å²) in [6.45, 7) is 4.22. The predicted molar refractivity (Wildman–Crippen MR) is 106 cm³/mol. The van der Waals surface area contributed by atoms with Crippen LogP contribution in [0.2, 0.25) is 5.02 Å². The summed E-state index contributed by atoms with van der Waals surface area (Å²) in [6, 6.07) is 12.9. The molecule has 142 valence electrons. The van der Waals surface area contributed by atoms with E-state index in [0.29, 0.717) is 23.0 Å². The number of aryl methyl sites for hydroxylation is 1. The largest absolute Gasteiger partial charge is 0.495 e. The molecule has 2 atom stereocenters. The second-order valence-corrected chi connectivity index (χ2v) is 7.30. The molecule has 3 rings (SSSR count). The van der Waals surface area contributed by atoms with Crippen molar-refractivity contribution in [3.8, 4) is 5.75 Å². The number of methoxy groups -OCH3 is 1. The second-order valence-electron chi connectivity index (χ2n) is 6.86. The summed E-state index contributed by atoms with van der Waals surface area (Å²) in [5.74, 6) is 0.0418. The van der Waals surface area contributed by atoms with E-state index < -0.39 is 5.92 Å². The Morgan fingerprint density at radius 1 is 1.26 bits per heavy atom. The van der Waals surface area contributed by atoms with Gasteiger partial charge in [-0.2, -0.15) is 0 Å². The minimum Gasteiger partial charge on any atom is -0.495 e. The summed E-state index contributed by atoms with van der Waals surface area (Å²) in [6.07, 6.45) is 0.191. The zero-order valence-electron chi connectivity index (χ0n) is 15.7. The van der Waals surface area contributed by atoms with Crippen LogP contribution in [0.5, 0.6) is 5.75 Å². The van der Waals surface area contributed by atoms with Crippen molar-refractivity contribution in [2.75, 3.05) is 18.6 Å². The molecule has 0 aromatic heterocycles. The second kappa shape index (κ2) is 8.01. The summed E-state index contributed by atoms with van der Waals surface area (Å²) >= 11 is 5.91. The summed E-state index contributed by atoms with van der Waals surface area (Å²) in [5.41, 5.74) is 2.71. The van der Waals surface area contributed by atoms with E-state index in [0.717, 1.165) is 11.1 Å². The van der Waals surface area contributed by atoms with Gasteiger partial charge in [-0.1, -0.05) is 29.8 Å². The van der Waals surface area contributed by atoms with Crippen molar-refractivity contribution in [2.45, 2.75) is 26.3 Å². The van der Waals surface area contributed by atoms with E-state index in [4.69, 9.17) is 16.3 Å². The van der Waals surface area contributed by atoms with Crippen LogP contribution in [0, 0.1) is 12.8 Å². The van der Waals surface area contributed by atoms with E-state index >= 15 is 0 Å². The molecule has 0 aliphatic carbocycles. The van der Waals surface area contributed by atoms with Crippen molar-refractivity contribution in [1.82, 2.24) is 5.32 Å². The number of nitrogens with zero attached hydrogens (tertiary/aromatic N) is 1. The van der Waals surface area contributed by atoms with E-state index in [-0.39, 0.29) is 24.3 Å². The SMILES string of the molecule is COc1ccc(C)cc1N1CC(C(=O)NC(C)c2ccc(Cl)cc2)CC1=O. The maximum Gasteiger partial charge on any atom is 0.227 e. The molecule has 2 aromatic rings. The smallest absolute Gasteiger partial charge is 0.227 e. The standard InChI is InChI=1S/C21H23ClN2O3/c1-13-4-9-19(27-3)18(10-13)24-12-16(11-20(24)25)21(26)23-14(2)15-5-7-17(22)8-6-15/h4-10,14,16H,11-12H2,1-3H3,(H,23,26). The van der Waals surface area contributed by atoms with E-state index in [1.807, 2.05) is 44.2 Å². The van der Waals surface area contributed by atoms with E-state index in [1.165, 1.54) is 0 Å². The third-order valence-electron chi connectivity index (χ3n) is 4.85. The van der Waals surface area contributed by atoms with Gasteiger partial charge in [0.2, 0.25) is 11.8 Å². The minimum absolute atomic E-state index is 0.0711. The Hall–Kier alpha value is -2.53. The molecule has 1 aliphatic heterocycles. The molecule has 1 N–H and O–H groups in total. The Bertz CT molecular complexity index is 851. The lowest BCUT2D eigenvalue weighted by Crippen LogP contribution is -2.34. The monoisotopic (exact) mass is 386 g/mol. The lowest BCUT2D eigenvalue weighted by atomic mass is 10.1. The van der Waals surface area contributed by atoms with Gasteiger partial charge in [-0.25, -0.2) is 0 Å². The van der Waals surface area contributed by atoms with Crippen LogP contribution in [0.15, 0.2) is 42.5 Å². The Balaban J connectivity index is 1.70. The molecular formula is C21H23ClN2O3. The summed E-state index contributed by atoms with van der Waals surface area (Å²) in [4.78, 5) is 26.9. The number of rotatable bonds is 5. The molecule has 2 unspecified atom stereocenters. The van der Waals surface area contributed by atoms with Crippen molar-refractivity contribution in [1.29, 1.82) is 0 Å². The molecule has 1 aliphatic rings. The quantitative estimate of drug-likeness (QED) is 0.848.